The van der Waals surface area contributed by atoms with E-state index in [1.54, 1.807) is 26.4 Å². The minimum atomic E-state index is -0.497. The zero-order chi connectivity index (χ0) is 19.6. The van der Waals surface area contributed by atoms with Crippen LogP contribution in [0.25, 0.3) is 0 Å². The molecule has 0 saturated carbocycles. The number of aryl methyl sites for hydroxylation is 1. The second-order valence-electron chi connectivity index (χ2n) is 6.59. The molecule has 0 bridgehead atoms. The summed E-state index contributed by atoms with van der Waals surface area (Å²) in [6, 6.07) is 3.32. The zero-order valence-electron chi connectivity index (χ0n) is 15.8. The first-order valence-electron chi connectivity index (χ1n) is 8.94. The molecular formula is C20H24N2O4S. The number of anilines is 1. The molecular weight excluding hydrogens is 364 g/mol. The van der Waals surface area contributed by atoms with Gasteiger partial charge in [-0.2, -0.15) is 0 Å². The summed E-state index contributed by atoms with van der Waals surface area (Å²) in [5.74, 6) is 0.308. The fourth-order valence-electron chi connectivity index (χ4n) is 3.48. The maximum Gasteiger partial charge on any atom is 0.256 e. The fourth-order valence-corrected chi connectivity index (χ4v) is 4.77. The maximum atomic E-state index is 12.8. The molecule has 0 spiro atoms. The number of nitrogens with two attached hydrogens (primary N) is 1. The molecule has 0 saturated heterocycles. The Morgan fingerprint density at radius 3 is 2.30 bits per heavy atom. The highest BCUT2D eigenvalue weighted by molar-refractivity contribution is 7.17. The summed E-state index contributed by atoms with van der Waals surface area (Å²) in [6.45, 7) is 1.86. The van der Waals surface area contributed by atoms with Gasteiger partial charge in [0.2, 0.25) is 0 Å². The molecule has 3 rings (SSSR count). The predicted molar refractivity (Wildman–Crippen MR) is 106 cm³/mol. The summed E-state index contributed by atoms with van der Waals surface area (Å²) in [5, 5.41) is 3.40. The molecule has 1 aliphatic carbocycles. The molecule has 0 aliphatic heterocycles. The third-order valence-corrected chi connectivity index (χ3v) is 6.12. The quantitative estimate of drug-likeness (QED) is 0.764. The van der Waals surface area contributed by atoms with Crippen molar-refractivity contribution in [3.05, 3.63) is 39.3 Å². The van der Waals surface area contributed by atoms with Crippen molar-refractivity contribution in [2.24, 2.45) is 5.73 Å². The average Bonchev–Trinajstić information content (AvgIpc) is 2.82. The molecule has 0 fully saturated rings. The number of carbonyl (C=O) groups is 2. The lowest BCUT2D eigenvalue weighted by Crippen LogP contribution is -2.18. The van der Waals surface area contributed by atoms with Crippen molar-refractivity contribution in [1.29, 1.82) is 0 Å². The van der Waals surface area contributed by atoms with E-state index in [-0.39, 0.29) is 5.91 Å². The number of hydrogen-bond donors (Lipinski definition) is 2. The molecule has 1 heterocycles. The normalized spacial score (nSPS) is 13.4. The van der Waals surface area contributed by atoms with Crippen LogP contribution in [0.5, 0.6) is 11.5 Å². The smallest absolute Gasteiger partial charge is 0.256 e. The van der Waals surface area contributed by atoms with Gasteiger partial charge in [0.1, 0.15) is 16.5 Å². The van der Waals surface area contributed by atoms with Crippen LogP contribution in [-0.4, -0.2) is 26.0 Å². The summed E-state index contributed by atoms with van der Waals surface area (Å²) in [5.41, 5.74) is 8.30. The molecule has 27 heavy (non-hydrogen) atoms. The first-order chi connectivity index (χ1) is 13.0. The van der Waals surface area contributed by atoms with Gasteiger partial charge in [-0.05, 0) is 50.3 Å². The van der Waals surface area contributed by atoms with Crippen LogP contribution in [-0.2, 0) is 12.8 Å². The standard InChI is InChI=1S/C20H24N2O4S/c1-11-14(25-2)9-12(10-15(11)26-3)19(24)22-20-17(18(21)23)13-7-5-4-6-8-16(13)27-20/h9-10H,4-8H2,1-3H3,(H2,21,23)(H,22,24). The van der Waals surface area contributed by atoms with Crippen molar-refractivity contribution in [2.75, 3.05) is 19.5 Å². The van der Waals surface area contributed by atoms with Crippen LogP contribution in [0.3, 0.4) is 0 Å². The third-order valence-electron chi connectivity index (χ3n) is 4.91. The molecule has 144 valence electrons. The molecule has 3 N–H and O–H groups in total. The molecule has 7 heteroatoms. The van der Waals surface area contributed by atoms with E-state index in [0.717, 1.165) is 48.1 Å². The van der Waals surface area contributed by atoms with Gasteiger partial charge in [-0.3, -0.25) is 9.59 Å². The predicted octanol–water partition coefficient (Wildman–Crippen LogP) is 3.69. The largest absolute Gasteiger partial charge is 0.496 e. The van der Waals surface area contributed by atoms with Crippen molar-refractivity contribution in [3.8, 4) is 11.5 Å². The van der Waals surface area contributed by atoms with Crippen molar-refractivity contribution >= 4 is 28.2 Å². The van der Waals surface area contributed by atoms with E-state index in [2.05, 4.69) is 5.32 Å². The first-order valence-corrected chi connectivity index (χ1v) is 9.76. The Morgan fingerprint density at radius 2 is 1.70 bits per heavy atom. The van der Waals surface area contributed by atoms with Crippen molar-refractivity contribution in [1.82, 2.24) is 0 Å². The van der Waals surface area contributed by atoms with E-state index in [1.807, 2.05) is 6.92 Å². The van der Waals surface area contributed by atoms with Gasteiger partial charge < -0.3 is 20.5 Å². The highest BCUT2D eigenvalue weighted by Gasteiger charge is 2.25. The van der Waals surface area contributed by atoms with E-state index >= 15 is 0 Å². The van der Waals surface area contributed by atoms with Crippen LogP contribution < -0.4 is 20.5 Å². The van der Waals surface area contributed by atoms with Crippen LogP contribution in [0.4, 0.5) is 5.00 Å². The number of nitrogens with one attached hydrogen (secondary N) is 1. The topological polar surface area (TPSA) is 90.6 Å². The fraction of sp³-hybridized carbons (Fsp3) is 0.400. The summed E-state index contributed by atoms with van der Waals surface area (Å²) in [4.78, 5) is 26.1. The Labute approximate surface area is 162 Å². The number of benzene rings is 1. The van der Waals surface area contributed by atoms with E-state index in [0.29, 0.717) is 27.6 Å². The number of hydrogen-bond acceptors (Lipinski definition) is 5. The highest BCUT2D eigenvalue weighted by Crippen LogP contribution is 2.38. The van der Waals surface area contributed by atoms with Crippen LogP contribution in [0.1, 0.15) is 56.0 Å². The number of methoxy groups -OCH3 is 2. The Hall–Kier alpha value is -2.54. The van der Waals surface area contributed by atoms with Gasteiger partial charge in [0.15, 0.2) is 0 Å². The van der Waals surface area contributed by atoms with E-state index in [1.165, 1.54) is 11.3 Å². The number of primary amides is 1. The third kappa shape index (κ3) is 3.78. The molecule has 0 atom stereocenters. The van der Waals surface area contributed by atoms with Crippen molar-refractivity contribution in [3.63, 3.8) is 0 Å². The average molecular weight is 388 g/mol. The summed E-state index contributed by atoms with van der Waals surface area (Å²) in [6.07, 6.45) is 5.01. The molecule has 6 nitrogen and oxygen atoms in total. The number of carbonyl (C=O) groups excluding carboxylic acids is 2. The number of thiophene rings is 1. The lowest BCUT2D eigenvalue weighted by Gasteiger charge is -2.13. The maximum absolute atomic E-state index is 12.8. The highest BCUT2D eigenvalue weighted by atomic mass is 32.1. The Balaban J connectivity index is 1.96. The molecule has 0 unspecified atom stereocenters. The number of rotatable bonds is 5. The van der Waals surface area contributed by atoms with Gasteiger partial charge in [-0.1, -0.05) is 6.42 Å². The second kappa shape index (κ2) is 8.00. The van der Waals surface area contributed by atoms with Crippen LogP contribution in [0, 0.1) is 6.92 Å². The van der Waals surface area contributed by atoms with E-state index in [9.17, 15) is 9.59 Å². The SMILES string of the molecule is COc1cc(C(=O)Nc2sc3c(c2C(N)=O)CCCCC3)cc(OC)c1C. The summed E-state index contributed by atoms with van der Waals surface area (Å²) < 4.78 is 10.7. The van der Waals surface area contributed by atoms with Gasteiger partial charge in [-0.15, -0.1) is 11.3 Å². The van der Waals surface area contributed by atoms with Gasteiger partial charge in [0, 0.05) is 16.0 Å². The molecule has 1 aromatic carbocycles. The Kier molecular flexibility index (Phi) is 5.70. The molecule has 2 amide bonds. The van der Waals surface area contributed by atoms with Crippen LogP contribution in [0.2, 0.25) is 0 Å². The molecule has 1 aromatic heterocycles. The summed E-state index contributed by atoms with van der Waals surface area (Å²) >= 11 is 1.45. The monoisotopic (exact) mass is 388 g/mol. The van der Waals surface area contributed by atoms with Gasteiger partial charge in [0.05, 0.1) is 19.8 Å². The Bertz CT molecular complexity index is 863. The minimum absolute atomic E-state index is 0.328. The molecule has 1 aliphatic rings. The minimum Gasteiger partial charge on any atom is -0.496 e. The van der Waals surface area contributed by atoms with Crippen LogP contribution >= 0.6 is 11.3 Å². The summed E-state index contributed by atoms with van der Waals surface area (Å²) in [7, 11) is 3.09. The van der Waals surface area contributed by atoms with Crippen molar-refractivity contribution < 1.29 is 19.1 Å². The van der Waals surface area contributed by atoms with E-state index < -0.39 is 5.91 Å². The van der Waals surface area contributed by atoms with Crippen LogP contribution in [0.15, 0.2) is 12.1 Å². The van der Waals surface area contributed by atoms with Gasteiger partial charge >= 0.3 is 0 Å². The molecule has 0 radical (unpaired) electrons. The lowest BCUT2D eigenvalue weighted by molar-refractivity contribution is 0.100. The Morgan fingerprint density at radius 1 is 1.07 bits per heavy atom. The number of ether oxygens (including phenoxy) is 2. The number of fused-ring (bicyclic) bond motifs is 1. The second-order valence-corrected chi connectivity index (χ2v) is 7.70. The van der Waals surface area contributed by atoms with Gasteiger partial charge in [-0.25, -0.2) is 0 Å². The molecule has 2 aromatic rings. The first kappa shape index (κ1) is 19.2. The lowest BCUT2D eigenvalue weighted by atomic mass is 10.0. The van der Waals surface area contributed by atoms with Crippen molar-refractivity contribution in [2.45, 2.75) is 39.0 Å². The van der Waals surface area contributed by atoms with Gasteiger partial charge in [0.25, 0.3) is 11.8 Å². The van der Waals surface area contributed by atoms with E-state index in [4.69, 9.17) is 15.2 Å². The number of amides is 2. The zero-order valence-corrected chi connectivity index (χ0v) is 16.6.